The maximum atomic E-state index is 13.6. The number of nitrogens with zero attached hydrogens (tertiary/aromatic N) is 4. The fraction of sp³-hybridized carbons (Fsp3) is 0.481. The first-order valence-corrected chi connectivity index (χ1v) is 14.7. The Kier molecular flexibility index (Phi) is 9.40. The number of rotatable bonds is 7. The SMILES string of the molecule is Cc1cc(C)c2sc(N(CCN(C)C)C(=O)c3ccc(S(=O)(=O)N4CC(C)CC(C)C4)cc3)nc2c1.Cl. The van der Waals surface area contributed by atoms with Gasteiger partial charge in [0.1, 0.15) is 0 Å². The predicted molar refractivity (Wildman–Crippen MR) is 155 cm³/mol. The van der Waals surface area contributed by atoms with Crippen LogP contribution in [0.2, 0.25) is 0 Å². The number of sulfonamides is 1. The first kappa shape index (κ1) is 29.5. The second kappa shape index (κ2) is 11.8. The molecule has 1 aromatic heterocycles. The van der Waals surface area contributed by atoms with E-state index in [1.165, 1.54) is 11.3 Å². The Morgan fingerprint density at radius 3 is 2.27 bits per heavy atom. The van der Waals surface area contributed by atoms with E-state index in [1.807, 2.05) is 32.0 Å². The van der Waals surface area contributed by atoms with Crippen LogP contribution in [-0.2, 0) is 10.0 Å². The summed E-state index contributed by atoms with van der Waals surface area (Å²) >= 11 is 1.51. The molecule has 7 nitrogen and oxygen atoms in total. The van der Waals surface area contributed by atoms with Gasteiger partial charge < -0.3 is 4.90 Å². The molecule has 10 heteroatoms. The van der Waals surface area contributed by atoms with E-state index in [9.17, 15) is 13.2 Å². The van der Waals surface area contributed by atoms with E-state index < -0.39 is 10.0 Å². The van der Waals surface area contributed by atoms with Crippen LogP contribution in [-0.4, -0.2) is 68.8 Å². The molecule has 1 amide bonds. The number of carbonyl (C=O) groups is 1. The molecule has 1 aliphatic rings. The summed E-state index contributed by atoms with van der Waals surface area (Å²) in [6.07, 6.45) is 1.03. The Balaban J connectivity index is 0.00000380. The number of thiazole rings is 1. The number of aryl methyl sites for hydroxylation is 2. The lowest BCUT2D eigenvalue weighted by Crippen LogP contribution is -2.42. The zero-order chi connectivity index (χ0) is 26.2. The molecule has 0 bridgehead atoms. The van der Waals surface area contributed by atoms with E-state index in [0.29, 0.717) is 48.7 Å². The molecular weight excluding hydrogens is 528 g/mol. The number of amides is 1. The van der Waals surface area contributed by atoms with Gasteiger partial charge in [-0.15, -0.1) is 12.4 Å². The van der Waals surface area contributed by atoms with Crippen molar-refractivity contribution in [2.75, 3.05) is 45.2 Å². The molecule has 37 heavy (non-hydrogen) atoms. The number of hydrogen-bond donors (Lipinski definition) is 0. The molecule has 2 unspecified atom stereocenters. The van der Waals surface area contributed by atoms with Crippen molar-refractivity contribution in [1.82, 2.24) is 14.2 Å². The summed E-state index contributed by atoms with van der Waals surface area (Å²) in [7, 11) is 0.339. The van der Waals surface area contributed by atoms with E-state index in [4.69, 9.17) is 4.98 Å². The number of carbonyl (C=O) groups excluding carboxylic acids is 1. The lowest BCUT2D eigenvalue weighted by molar-refractivity contribution is 0.0985. The number of benzene rings is 2. The van der Waals surface area contributed by atoms with Crippen molar-refractivity contribution in [3.8, 4) is 0 Å². The predicted octanol–water partition coefficient (Wildman–Crippen LogP) is 5.21. The third-order valence-electron chi connectivity index (χ3n) is 6.63. The first-order valence-electron chi connectivity index (χ1n) is 12.4. The van der Waals surface area contributed by atoms with Crippen LogP contribution < -0.4 is 4.90 Å². The van der Waals surface area contributed by atoms with Crippen LogP contribution >= 0.6 is 23.7 Å². The largest absolute Gasteiger partial charge is 0.308 e. The molecule has 0 spiro atoms. The third-order valence-corrected chi connectivity index (χ3v) is 9.71. The first-order chi connectivity index (χ1) is 17.0. The van der Waals surface area contributed by atoms with Gasteiger partial charge in [0.25, 0.3) is 5.91 Å². The van der Waals surface area contributed by atoms with E-state index >= 15 is 0 Å². The summed E-state index contributed by atoms with van der Waals surface area (Å²) in [5, 5.41) is 0.651. The normalized spacial score (nSPS) is 18.7. The highest BCUT2D eigenvalue weighted by Gasteiger charge is 2.32. The van der Waals surface area contributed by atoms with Gasteiger partial charge in [-0.1, -0.05) is 31.3 Å². The molecule has 2 aromatic carbocycles. The van der Waals surface area contributed by atoms with E-state index in [0.717, 1.165) is 27.8 Å². The van der Waals surface area contributed by atoms with Crippen LogP contribution in [0.1, 0.15) is 41.8 Å². The fourth-order valence-corrected chi connectivity index (χ4v) is 7.66. The zero-order valence-corrected chi connectivity index (χ0v) is 24.8. The van der Waals surface area contributed by atoms with Crippen LogP contribution in [0.25, 0.3) is 10.2 Å². The summed E-state index contributed by atoms with van der Waals surface area (Å²) < 4.78 is 29.2. The molecule has 1 saturated heterocycles. The Labute approximate surface area is 230 Å². The standard InChI is InChI=1S/C27H36N4O3S2.ClH/c1-18-14-21(4)25-24(15-18)28-27(35-25)31(12-11-29(5)6)26(32)22-7-9-23(10-8-22)36(33,34)30-16-19(2)13-20(3)17-30;/h7-10,14-15,19-20H,11-13,16-17H2,1-6H3;1H. The van der Waals surface area contributed by atoms with Crippen LogP contribution in [0, 0.1) is 25.7 Å². The van der Waals surface area contributed by atoms with Gasteiger partial charge in [0.2, 0.25) is 10.0 Å². The molecule has 4 rings (SSSR count). The van der Waals surface area contributed by atoms with E-state index in [2.05, 4.69) is 26.8 Å². The average molecular weight is 565 g/mol. The summed E-state index contributed by atoms with van der Waals surface area (Å²) in [6.45, 7) is 10.5. The summed E-state index contributed by atoms with van der Waals surface area (Å²) in [4.78, 5) is 22.4. The minimum Gasteiger partial charge on any atom is -0.308 e. The Morgan fingerprint density at radius 1 is 1.05 bits per heavy atom. The maximum absolute atomic E-state index is 13.6. The molecular formula is C27H37ClN4O3S2. The van der Waals surface area contributed by atoms with Gasteiger partial charge in [0, 0.05) is 31.7 Å². The second-order valence-electron chi connectivity index (χ2n) is 10.5. The van der Waals surface area contributed by atoms with Gasteiger partial charge in [-0.25, -0.2) is 13.4 Å². The van der Waals surface area contributed by atoms with Crippen LogP contribution in [0.15, 0.2) is 41.3 Å². The fourth-order valence-electron chi connectivity index (χ4n) is 4.94. The van der Waals surface area contributed by atoms with Crippen molar-refractivity contribution in [1.29, 1.82) is 0 Å². The van der Waals surface area contributed by atoms with Gasteiger partial charge in [-0.2, -0.15) is 4.31 Å². The van der Waals surface area contributed by atoms with Crippen molar-refractivity contribution in [3.63, 3.8) is 0 Å². The molecule has 2 atom stereocenters. The average Bonchev–Trinajstić information content (AvgIpc) is 3.22. The third kappa shape index (κ3) is 6.52. The highest BCUT2D eigenvalue weighted by atomic mass is 35.5. The Bertz CT molecular complexity index is 1350. The molecule has 3 aromatic rings. The molecule has 0 N–H and O–H groups in total. The van der Waals surface area contributed by atoms with Crippen molar-refractivity contribution in [2.45, 2.75) is 39.0 Å². The van der Waals surface area contributed by atoms with Gasteiger partial charge in [-0.05, 0) is 87.7 Å². The van der Waals surface area contributed by atoms with E-state index in [1.54, 1.807) is 33.5 Å². The summed E-state index contributed by atoms with van der Waals surface area (Å²) in [5.74, 6) is 0.473. The smallest absolute Gasteiger partial charge is 0.260 e. The minimum absolute atomic E-state index is 0. The highest BCUT2D eigenvalue weighted by molar-refractivity contribution is 7.89. The Hall–Kier alpha value is -2.04. The maximum Gasteiger partial charge on any atom is 0.260 e. The molecule has 0 aliphatic carbocycles. The number of hydrogen-bond acceptors (Lipinski definition) is 6. The number of anilines is 1. The molecule has 0 saturated carbocycles. The van der Waals surface area contributed by atoms with Crippen LogP contribution in [0.3, 0.4) is 0 Å². The van der Waals surface area contributed by atoms with Gasteiger partial charge in [0.15, 0.2) is 5.13 Å². The quantitative estimate of drug-likeness (QED) is 0.394. The van der Waals surface area contributed by atoms with Crippen molar-refractivity contribution in [3.05, 3.63) is 53.1 Å². The molecule has 2 heterocycles. The van der Waals surface area contributed by atoms with Gasteiger partial charge in [-0.3, -0.25) is 9.69 Å². The molecule has 202 valence electrons. The van der Waals surface area contributed by atoms with Gasteiger partial charge >= 0.3 is 0 Å². The Morgan fingerprint density at radius 2 is 1.68 bits per heavy atom. The second-order valence-corrected chi connectivity index (χ2v) is 13.4. The topological polar surface area (TPSA) is 73.8 Å². The lowest BCUT2D eigenvalue weighted by atomic mass is 9.94. The van der Waals surface area contributed by atoms with Gasteiger partial charge in [0.05, 0.1) is 15.1 Å². The van der Waals surface area contributed by atoms with Crippen molar-refractivity contribution >= 4 is 55.0 Å². The van der Waals surface area contributed by atoms with Crippen LogP contribution in [0.5, 0.6) is 0 Å². The number of aromatic nitrogens is 1. The summed E-state index contributed by atoms with van der Waals surface area (Å²) in [6, 6.07) is 10.5. The van der Waals surface area contributed by atoms with E-state index in [-0.39, 0.29) is 23.2 Å². The van der Waals surface area contributed by atoms with Crippen molar-refractivity contribution in [2.24, 2.45) is 11.8 Å². The number of fused-ring (bicyclic) bond motifs is 1. The minimum atomic E-state index is -3.60. The number of likely N-dealkylation sites (N-methyl/N-ethyl adjacent to an activating group) is 1. The zero-order valence-electron chi connectivity index (χ0n) is 22.4. The molecule has 1 aliphatic heterocycles. The van der Waals surface area contributed by atoms with Crippen molar-refractivity contribution < 1.29 is 13.2 Å². The van der Waals surface area contributed by atoms with Crippen LogP contribution in [0.4, 0.5) is 5.13 Å². The monoisotopic (exact) mass is 564 g/mol. The highest BCUT2D eigenvalue weighted by Crippen LogP contribution is 2.33. The summed E-state index contributed by atoms with van der Waals surface area (Å²) in [5.41, 5.74) is 3.61. The number of piperidine rings is 1. The number of halogens is 1. The molecule has 1 fully saturated rings. The molecule has 0 radical (unpaired) electrons. The lowest BCUT2D eigenvalue weighted by Gasteiger charge is -2.34.